The zero-order valence-corrected chi connectivity index (χ0v) is 18.8. The third kappa shape index (κ3) is 3.18. The summed E-state index contributed by atoms with van der Waals surface area (Å²) in [6.07, 6.45) is 6.09. The molecule has 1 amide bonds. The molecule has 0 atom stereocenters. The van der Waals surface area contributed by atoms with E-state index in [9.17, 15) is 9.59 Å². The van der Waals surface area contributed by atoms with Gasteiger partial charge in [0.05, 0.1) is 35.7 Å². The van der Waals surface area contributed by atoms with Crippen molar-refractivity contribution in [1.82, 2.24) is 29.0 Å². The van der Waals surface area contributed by atoms with Gasteiger partial charge >= 0.3 is 0 Å². The minimum Gasteiger partial charge on any atom is -0.381 e. The Kier molecular flexibility index (Phi) is 4.62. The number of hydrogen-bond acceptors (Lipinski definition) is 5. The molecule has 0 radical (unpaired) electrons. The van der Waals surface area contributed by atoms with E-state index in [1.807, 2.05) is 46.3 Å². The van der Waals surface area contributed by atoms with Crippen LogP contribution in [0.1, 0.15) is 51.8 Å². The molecule has 2 aliphatic rings. The Bertz CT molecular complexity index is 1460. The molecule has 9 nitrogen and oxygen atoms in total. The number of aromatic amines is 1. The van der Waals surface area contributed by atoms with Crippen LogP contribution >= 0.6 is 0 Å². The van der Waals surface area contributed by atoms with Crippen molar-refractivity contribution in [3.8, 4) is 0 Å². The highest BCUT2D eigenvalue weighted by Gasteiger charge is 2.27. The summed E-state index contributed by atoms with van der Waals surface area (Å²) in [5, 5.41) is 4.33. The number of benzene rings is 1. The van der Waals surface area contributed by atoms with E-state index in [1.54, 1.807) is 6.20 Å². The fourth-order valence-electron chi connectivity index (χ4n) is 5.20. The molecule has 0 unspecified atom stereocenters. The lowest BCUT2D eigenvalue weighted by atomic mass is 9.99. The van der Waals surface area contributed by atoms with Gasteiger partial charge in [-0.3, -0.25) is 18.7 Å². The summed E-state index contributed by atoms with van der Waals surface area (Å²) in [6, 6.07) is 3.82. The monoisotopic (exact) mass is 446 g/mol. The summed E-state index contributed by atoms with van der Waals surface area (Å²) in [5.74, 6) is 1.11. The Morgan fingerprint density at radius 2 is 2.00 bits per heavy atom. The molecule has 2 aliphatic heterocycles. The van der Waals surface area contributed by atoms with Gasteiger partial charge in [-0.1, -0.05) is 0 Å². The van der Waals surface area contributed by atoms with E-state index in [0.29, 0.717) is 42.9 Å². The fourth-order valence-corrected chi connectivity index (χ4v) is 5.20. The van der Waals surface area contributed by atoms with Crippen molar-refractivity contribution in [3.63, 3.8) is 0 Å². The molecule has 0 bridgehead atoms. The van der Waals surface area contributed by atoms with Crippen LogP contribution in [0.2, 0.25) is 0 Å². The molecular weight excluding hydrogens is 420 g/mol. The van der Waals surface area contributed by atoms with Gasteiger partial charge in [-0.2, -0.15) is 5.10 Å². The predicted molar refractivity (Wildman–Crippen MR) is 123 cm³/mol. The van der Waals surface area contributed by atoms with E-state index in [0.717, 1.165) is 41.9 Å². The van der Waals surface area contributed by atoms with Crippen molar-refractivity contribution in [2.45, 2.75) is 38.6 Å². The van der Waals surface area contributed by atoms with E-state index >= 15 is 0 Å². The first-order chi connectivity index (χ1) is 16.0. The van der Waals surface area contributed by atoms with Gasteiger partial charge in [0.2, 0.25) is 0 Å². The van der Waals surface area contributed by atoms with Gasteiger partial charge in [-0.25, -0.2) is 4.98 Å². The van der Waals surface area contributed by atoms with Gasteiger partial charge in [0.1, 0.15) is 11.3 Å². The normalized spacial score (nSPS) is 17.1. The third-order valence-electron chi connectivity index (χ3n) is 7.10. The number of hydrogen-bond donors (Lipinski definition) is 1. The summed E-state index contributed by atoms with van der Waals surface area (Å²) in [6.45, 7) is 4.54. The van der Waals surface area contributed by atoms with Gasteiger partial charge in [0.25, 0.3) is 11.5 Å². The summed E-state index contributed by atoms with van der Waals surface area (Å²) in [7, 11) is 1.91. The van der Waals surface area contributed by atoms with E-state index in [-0.39, 0.29) is 17.4 Å². The number of nitrogens with zero attached hydrogens (tertiary/aromatic N) is 5. The summed E-state index contributed by atoms with van der Waals surface area (Å²) >= 11 is 0. The van der Waals surface area contributed by atoms with Crippen molar-refractivity contribution >= 4 is 22.5 Å². The van der Waals surface area contributed by atoms with Crippen molar-refractivity contribution < 1.29 is 9.53 Å². The number of aromatic nitrogens is 5. The average Bonchev–Trinajstić information content (AvgIpc) is 3.44. The zero-order valence-electron chi connectivity index (χ0n) is 18.8. The van der Waals surface area contributed by atoms with Crippen molar-refractivity contribution in [2.24, 2.45) is 7.05 Å². The quantitative estimate of drug-likeness (QED) is 0.510. The van der Waals surface area contributed by atoms with Crippen LogP contribution in [-0.2, 0) is 24.8 Å². The van der Waals surface area contributed by atoms with Crippen molar-refractivity contribution in [1.29, 1.82) is 0 Å². The summed E-state index contributed by atoms with van der Waals surface area (Å²) in [5.41, 5.74) is 5.59. The Hall–Kier alpha value is -3.46. The average molecular weight is 447 g/mol. The highest BCUT2D eigenvalue weighted by molar-refractivity contribution is 5.99. The van der Waals surface area contributed by atoms with E-state index < -0.39 is 0 Å². The Labute approximate surface area is 190 Å². The molecule has 170 valence electrons. The minimum atomic E-state index is -0.201. The summed E-state index contributed by atoms with van der Waals surface area (Å²) in [4.78, 5) is 35.8. The van der Waals surface area contributed by atoms with Crippen LogP contribution in [-0.4, -0.2) is 54.7 Å². The topological polar surface area (TPSA) is 97.5 Å². The first-order valence-corrected chi connectivity index (χ1v) is 11.4. The maximum Gasteiger partial charge on any atom is 0.274 e. The summed E-state index contributed by atoms with van der Waals surface area (Å²) < 4.78 is 9.32. The van der Waals surface area contributed by atoms with Gasteiger partial charge in [0.15, 0.2) is 0 Å². The van der Waals surface area contributed by atoms with Gasteiger partial charge in [0, 0.05) is 38.3 Å². The number of H-pyrrole nitrogens is 1. The molecule has 0 aliphatic carbocycles. The number of aryl methyl sites for hydroxylation is 2. The molecule has 33 heavy (non-hydrogen) atoms. The highest BCUT2D eigenvalue weighted by Crippen LogP contribution is 2.29. The number of carbonyl (C=O) groups excluding carboxylic acids is 1. The SMILES string of the molecule is Cc1cc2c(cc1C(=O)N1CCc3cnn(C)c3C1)[nH]c(=O)c1cnc(C3CCOCC3)n12. The lowest BCUT2D eigenvalue weighted by Crippen LogP contribution is -2.36. The molecule has 3 aromatic heterocycles. The van der Waals surface area contributed by atoms with Crippen LogP contribution in [0.15, 0.2) is 29.3 Å². The van der Waals surface area contributed by atoms with Crippen LogP contribution in [0.3, 0.4) is 0 Å². The molecule has 4 aromatic rings. The van der Waals surface area contributed by atoms with E-state index in [2.05, 4.69) is 15.1 Å². The smallest absolute Gasteiger partial charge is 0.274 e. The van der Waals surface area contributed by atoms with Crippen molar-refractivity contribution in [3.05, 3.63) is 63.1 Å². The van der Waals surface area contributed by atoms with Crippen LogP contribution < -0.4 is 5.56 Å². The Morgan fingerprint density at radius 1 is 1.18 bits per heavy atom. The van der Waals surface area contributed by atoms with E-state index in [1.165, 1.54) is 5.56 Å². The molecule has 0 saturated carbocycles. The first kappa shape index (κ1) is 20.2. The van der Waals surface area contributed by atoms with Gasteiger partial charge in [-0.15, -0.1) is 0 Å². The number of imidazole rings is 1. The third-order valence-corrected chi connectivity index (χ3v) is 7.10. The largest absolute Gasteiger partial charge is 0.381 e. The van der Waals surface area contributed by atoms with Crippen LogP contribution in [0.4, 0.5) is 0 Å². The van der Waals surface area contributed by atoms with Gasteiger partial charge < -0.3 is 14.6 Å². The lowest BCUT2D eigenvalue weighted by molar-refractivity contribution is 0.0729. The molecule has 5 heterocycles. The standard InChI is InChI=1S/C24H26N6O3/c1-14-9-19-18(10-17(14)24(32)29-6-3-16-11-26-28(2)21(16)13-29)27-23(31)20-12-25-22(30(19)20)15-4-7-33-8-5-15/h9-12,15H,3-8,13H2,1-2H3,(H,27,31). The number of rotatable bonds is 2. The van der Waals surface area contributed by atoms with Gasteiger partial charge in [-0.05, 0) is 49.4 Å². The number of ether oxygens (including phenoxy) is 1. The molecule has 1 saturated heterocycles. The molecule has 1 aromatic carbocycles. The zero-order chi connectivity index (χ0) is 22.7. The maximum absolute atomic E-state index is 13.5. The molecule has 0 spiro atoms. The predicted octanol–water partition coefficient (Wildman–Crippen LogP) is 2.31. The van der Waals surface area contributed by atoms with Crippen LogP contribution in [0, 0.1) is 6.92 Å². The molecular formula is C24H26N6O3. The second-order valence-electron chi connectivity index (χ2n) is 9.08. The second-order valence-corrected chi connectivity index (χ2v) is 9.08. The van der Waals surface area contributed by atoms with Crippen LogP contribution in [0.5, 0.6) is 0 Å². The number of nitrogens with one attached hydrogen (secondary N) is 1. The Balaban J connectivity index is 1.44. The highest BCUT2D eigenvalue weighted by atomic mass is 16.5. The molecule has 6 rings (SSSR count). The molecule has 9 heteroatoms. The number of fused-ring (bicyclic) bond motifs is 4. The molecule has 1 N–H and O–H groups in total. The van der Waals surface area contributed by atoms with Crippen LogP contribution in [0.25, 0.3) is 16.6 Å². The first-order valence-electron chi connectivity index (χ1n) is 11.4. The Morgan fingerprint density at radius 3 is 2.82 bits per heavy atom. The lowest BCUT2D eigenvalue weighted by Gasteiger charge is -2.28. The van der Waals surface area contributed by atoms with Crippen molar-refractivity contribution in [2.75, 3.05) is 19.8 Å². The second kappa shape index (κ2) is 7.55. The number of carbonyl (C=O) groups is 1. The fraction of sp³-hybridized carbons (Fsp3) is 0.417. The van der Waals surface area contributed by atoms with E-state index in [4.69, 9.17) is 4.74 Å². The minimum absolute atomic E-state index is 0.0301. The molecule has 1 fully saturated rings. The maximum atomic E-state index is 13.5. The number of amides is 1.